The van der Waals surface area contributed by atoms with E-state index in [0.717, 1.165) is 57.2 Å². The maximum Gasteiger partial charge on any atom is 0.251 e. The standard InChI is InChI=1S/C20H23ClN2O2S/c21-16-4-1-3-15(13-16)19-7-6-17(26-19)14-22-8-10-23(11-9-22)20(24)18-5-2-12-25-18/h1,3-4,6-7,13,18H,2,5,8-12,14H2/t18-/m1/s1. The van der Waals surface area contributed by atoms with Crippen molar-refractivity contribution < 1.29 is 9.53 Å². The Morgan fingerprint density at radius 3 is 2.77 bits per heavy atom. The van der Waals surface area contributed by atoms with Crippen LogP contribution in [-0.2, 0) is 16.1 Å². The third-order valence-electron chi connectivity index (χ3n) is 5.04. The Hall–Kier alpha value is -1.40. The van der Waals surface area contributed by atoms with Gasteiger partial charge in [-0.05, 0) is 42.7 Å². The number of amides is 1. The molecule has 1 aromatic carbocycles. The van der Waals surface area contributed by atoms with Crippen LogP contribution in [0.3, 0.4) is 0 Å². The molecule has 2 saturated heterocycles. The Labute approximate surface area is 163 Å². The predicted octanol–water partition coefficient (Wildman–Crippen LogP) is 3.89. The van der Waals surface area contributed by atoms with Gasteiger partial charge < -0.3 is 9.64 Å². The van der Waals surface area contributed by atoms with Crippen molar-refractivity contribution in [3.63, 3.8) is 0 Å². The van der Waals surface area contributed by atoms with Crippen LogP contribution in [0.5, 0.6) is 0 Å². The highest BCUT2D eigenvalue weighted by Gasteiger charge is 2.30. The van der Waals surface area contributed by atoms with Crippen LogP contribution in [0.4, 0.5) is 0 Å². The van der Waals surface area contributed by atoms with Crippen molar-refractivity contribution in [2.24, 2.45) is 0 Å². The molecule has 1 amide bonds. The van der Waals surface area contributed by atoms with Gasteiger partial charge in [0.1, 0.15) is 6.10 Å². The Kier molecular flexibility index (Phi) is 5.60. The zero-order chi connectivity index (χ0) is 17.9. The van der Waals surface area contributed by atoms with E-state index in [1.54, 1.807) is 0 Å². The van der Waals surface area contributed by atoms with Crippen LogP contribution in [0.2, 0.25) is 5.02 Å². The summed E-state index contributed by atoms with van der Waals surface area (Å²) >= 11 is 7.91. The first-order valence-corrected chi connectivity index (χ1v) is 10.4. The first-order valence-electron chi connectivity index (χ1n) is 9.16. The second-order valence-electron chi connectivity index (χ2n) is 6.88. The van der Waals surface area contributed by atoms with E-state index < -0.39 is 0 Å². The minimum Gasteiger partial charge on any atom is -0.368 e. The minimum absolute atomic E-state index is 0.182. The van der Waals surface area contributed by atoms with Gasteiger partial charge in [0.05, 0.1) is 0 Å². The number of halogens is 1. The molecule has 0 bridgehead atoms. The molecule has 26 heavy (non-hydrogen) atoms. The summed E-state index contributed by atoms with van der Waals surface area (Å²) in [6.45, 7) is 5.10. The topological polar surface area (TPSA) is 32.8 Å². The molecule has 0 saturated carbocycles. The number of ether oxygens (including phenoxy) is 1. The van der Waals surface area contributed by atoms with Gasteiger partial charge >= 0.3 is 0 Å². The molecule has 0 radical (unpaired) electrons. The van der Waals surface area contributed by atoms with Crippen LogP contribution in [0.25, 0.3) is 10.4 Å². The zero-order valence-electron chi connectivity index (χ0n) is 14.7. The molecular weight excluding hydrogens is 368 g/mol. The summed E-state index contributed by atoms with van der Waals surface area (Å²) in [5.41, 5.74) is 1.17. The lowest BCUT2D eigenvalue weighted by molar-refractivity contribution is -0.142. The van der Waals surface area contributed by atoms with Crippen molar-refractivity contribution >= 4 is 28.8 Å². The number of benzene rings is 1. The van der Waals surface area contributed by atoms with E-state index in [4.69, 9.17) is 16.3 Å². The fourth-order valence-electron chi connectivity index (χ4n) is 3.58. The first-order chi connectivity index (χ1) is 12.7. The van der Waals surface area contributed by atoms with Gasteiger partial charge in [-0.1, -0.05) is 23.7 Å². The molecule has 1 atom stereocenters. The van der Waals surface area contributed by atoms with Crippen LogP contribution < -0.4 is 0 Å². The molecule has 0 unspecified atom stereocenters. The van der Waals surface area contributed by atoms with Crippen molar-refractivity contribution in [3.05, 3.63) is 46.3 Å². The fraction of sp³-hybridized carbons (Fsp3) is 0.450. The van der Waals surface area contributed by atoms with Crippen LogP contribution in [0, 0.1) is 0 Å². The van der Waals surface area contributed by atoms with Gasteiger partial charge in [0.25, 0.3) is 5.91 Å². The second-order valence-corrected chi connectivity index (χ2v) is 8.48. The Balaban J connectivity index is 1.31. The SMILES string of the molecule is O=C([C@H]1CCCO1)N1CCN(Cc2ccc(-c3cccc(Cl)c3)s2)CC1. The number of piperazine rings is 1. The molecule has 3 heterocycles. The lowest BCUT2D eigenvalue weighted by Gasteiger charge is -2.35. The van der Waals surface area contributed by atoms with E-state index in [1.165, 1.54) is 15.3 Å². The number of nitrogens with zero attached hydrogens (tertiary/aromatic N) is 2. The van der Waals surface area contributed by atoms with Gasteiger partial charge in [-0.3, -0.25) is 9.69 Å². The summed E-state index contributed by atoms with van der Waals surface area (Å²) < 4.78 is 5.53. The van der Waals surface area contributed by atoms with Crippen molar-refractivity contribution in [1.29, 1.82) is 0 Å². The highest BCUT2D eigenvalue weighted by Crippen LogP contribution is 2.30. The van der Waals surface area contributed by atoms with Crippen molar-refractivity contribution in [3.8, 4) is 10.4 Å². The van der Waals surface area contributed by atoms with Crippen molar-refractivity contribution in [1.82, 2.24) is 9.80 Å². The fourth-order valence-corrected chi connectivity index (χ4v) is 4.82. The summed E-state index contributed by atoms with van der Waals surface area (Å²) in [5.74, 6) is 0.182. The normalized spacial score (nSPS) is 21.3. The quantitative estimate of drug-likeness (QED) is 0.793. The summed E-state index contributed by atoms with van der Waals surface area (Å²) in [6, 6.07) is 12.4. The molecule has 2 fully saturated rings. The molecule has 0 spiro atoms. The van der Waals surface area contributed by atoms with E-state index in [1.807, 2.05) is 34.4 Å². The lowest BCUT2D eigenvalue weighted by Crippen LogP contribution is -2.50. The number of hydrogen-bond acceptors (Lipinski definition) is 4. The number of rotatable bonds is 4. The van der Waals surface area contributed by atoms with E-state index >= 15 is 0 Å². The number of hydrogen-bond donors (Lipinski definition) is 0. The Morgan fingerprint density at radius 2 is 2.04 bits per heavy atom. The monoisotopic (exact) mass is 390 g/mol. The third kappa shape index (κ3) is 4.12. The first kappa shape index (κ1) is 18.0. The Morgan fingerprint density at radius 1 is 1.19 bits per heavy atom. The van der Waals surface area contributed by atoms with E-state index in [-0.39, 0.29) is 12.0 Å². The zero-order valence-corrected chi connectivity index (χ0v) is 16.3. The second kappa shape index (κ2) is 8.09. The third-order valence-corrected chi connectivity index (χ3v) is 6.39. The van der Waals surface area contributed by atoms with Gasteiger partial charge in [-0.2, -0.15) is 0 Å². The number of carbonyl (C=O) groups excluding carboxylic acids is 1. The summed E-state index contributed by atoms with van der Waals surface area (Å²) in [7, 11) is 0. The number of carbonyl (C=O) groups is 1. The van der Waals surface area contributed by atoms with Crippen molar-refractivity contribution in [2.45, 2.75) is 25.5 Å². The summed E-state index contributed by atoms with van der Waals surface area (Å²) in [5, 5.41) is 0.768. The largest absolute Gasteiger partial charge is 0.368 e. The molecule has 4 rings (SSSR count). The smallest absolute Gasteiger partial charge is 0.251 e. The molecule has 0 N–H and O–H groups in total. The van der Waals surface area contributed by atoms with Crippen LogP contribution in [0.15, 0.2) is 36.4 Å². The van der Waals surface area contributed by atoms with E-state index in [0.29, 0.717) is 0 Å². The highest BCUT2D eigenvalue weighted by atomic mass is 35.5. The maximum atomic E-state index is 12.4. The van der Waals surface area contributed by atoms with Gasteiger partial charge in [-0.15, -0.1) is 11.3 Å². The molecule has 4 nitrogen and oxygen atoms in total. The van der Waals surface area contributed by atoms with Crippen LogP contribution >= 0.6 is 22.9 Å². The maximum absolute atomic E-state index is 12.4. The molecule has 2 aliphatic rings. The Bertz CT molecular complexity index is 765. The molecule has 2 aliphatic heterocycles. The van der Waals surface area contributed by atoms with E-state index in [9.17, 15) is 4.79 Å². The van der Waals surface area contributed by atoms with E-state index in [2.05, 4.69) is 23.1 Å². The molecule has 2 aromatic rings. The van der Waals surface area contributed by atoms with Crippen LogP contribution in [-0.4, -0.2) is 54.6 Å². The molecule has 1 aromatic heterocycles. The average Bonchev–Trinajstić information content (AvgIpc) is 3.34. The summed E-state index contributed by atoms with van der Waals surface area (Å²) in [6.07, 6.45) is 1.68. The van der Waals surface area contributed by atoms with Gasteiger partial charge in [0.15, 0.2) is 0 Å². The number of thiophene rings is 1. The van der Waals surface area contributed by atoms with Gasteiger partial charge in [0.2, 0.25) is 0 Å². The molecule has 138 valence electrons. The average molecular weight is 391 g/mol. The van der Waals surface area contributed by atoms with Crippen LogP contribution in [0.1, 0.15) is 17.7 Å². The summed E-state index contributed by atoms with van der Waals surface area (Å²) in [4.78, 5) is 19.4. The van der Waals surface area contributed by atoms with Gasteiger partial charge in [-0.25, -0.2) is 0 Å². The minimum atomic E-state index is -0.195. The lowest BCUT2D eigenvalue weighted by atomic mass is 10.2. The molecule has 0 aliphatic carbocycles. The van der Waals surface area contributed by atoms with Crippen molar-refractivity contribution in [2.75, 3.05) is 32.8 Å². The molecule has 6 heteroatoms. The highest BCUT2D eigenvalue weighted by molar-refractivity contribution is 7.15. The predicted molar refractivity (Wildman–Crippen MR) is 106 cm³/mol. The van der Waals surface area contributed by atoms with Gasteiger partial charge in [0, 0.05) is 54.1 Å². The molecular formula is C20H23ClN2O2S.